The average Bonchev–Trinajstić information content (AvgIpc) is 3.29. The molecule has 0 spiro atoms. The third-order valence-corrected chi connectivity index (χ3v) is 6.00. The zero-order valence-corrected chi connectivity index (χ0v) is 19.0. The number of aromatic amines is 1. The Balaban J connectivity index is 1.54. The lowest BCUT2D eigenvalue weighted by atomic mass is 10.0. The van der Waals surface area contributed by atoms with Gasteiger partial charge in [-0.3, -0.25) is 10.2 Å². The van der Waals surface area contributed by atoms with E-state index in [4.69, 9.17) is 5.41 Å². The van der Waals surface area contributed by atoms with E-state index < -0.39 is 0 Å². The number of H-pyrrole nitrogens is 1. The van der Waals surface area contributed by atoms with Gasteiger partial charge in [-0.05, 0) is 43.5 Å². The molecule has 5 N–H and O–H groups in total. The quantitative estimate of drug-likeness (QED) is 0.382. The normalized spacial score (nSPS) is 17.9. The van der Waals surface area contributed by atoms with Crippen molar-refractivity contribution in [3.05, 3.63) is 65.9 Å². The molecule has 1 amide bonds. The highest BCUT2D eigenvalue weighted by Crippen LogP contribution is 2.28. The van der Waals surface area contributed by atoms with E-state index in [1.807, 2.05) is 6.07 Å². The molecule has 0 saturated carbocycles. The maximum absolute atomic E-state index is 13.2. The summed E-state index contributed by atoms with van der Waals surface area (Å²) < 4.78 is 0. The van der Waals surface area contributed by atoms with Gasteiger partial charge in [0.05, 0.1) is 29.0 Å². The molecule has 0 bridgehead atoms. The van der Waals surface area contributed by atoms with Gasteiger partial charge in [-0.2, -0.15) is 0 Å². The van der Waals surface area contributed by atoms with Gasteiger partial charge in [-0.15, -0.1) is 0 Å². The van der Waals surface area contributed by atoms with Gasteiger partial charge in [-0.1, -0.05) is 0 Å². The average molecular weight is 458 g/mol. The van der Waals surface area contributed by atoms with Crippen molar-refractivity contribution in [2.75, 3.05) is 25.0 Å². The summed E-state index contributed by atoms with van der Waals surface area (Å²) in [5, 5.41) is 17.6. The van der Waals surface area contributed by atoms with Crippen molar-refractivity contribution >= 4 is 33.9 Å². The molecule has 10 heteroatoms. The number of carbonyl (C=O) groups excluding carboxylic acids is 1. The Morgan fingerprint density at radius 1 is 1.18 bits per heavy atom. The van der Waals surface area contributed by atoms with Crippen LogP contribution in [0.5, 0.6) is 0 Å². The van der Waals surface area contributed by atoms with Gasteiger partial charge in [0, 0.05) is 44.4 Å². The predicted octanol–water partition coefficient (Wildman–Crippen LogP) is 2.05. The molecule has 2 aliphatic heterocycles. The number of imidazole rings is 1. The molecule has 34 heavy (non-hydrogen) atoms. The minimum Gasteiger partial charge on any atom is -0.392 e. The van der Waals surface area contributed by atoms with Crippen LogP contribution in [-0.4, -0.2) is 51.7 Å². The fourth-order valence-corrected chi connectivity index (χ4v) is 4.33. The Kier molecular flexibility index (Phi) is 5.94. The second-order valence-corrected chi connectivity index (χ2v) is 8.28. The highest BCUT2D eigenvalue weighted by molar-refractivity contribution is 6.33. The summed E-state index contributed by atoms with van der Waals surface area (Å²) in [5.41, 5.74) is 3.94. The molecular formula is C24H27N9O. The van der Waals surface area contributed by atoms with E-state index >= 15 is 0 Å². The minimum atomic E-state index is -0.343. The number of anilines is 1. The van der Waals surface area contributed by atoms with Crippen LogP contribution in [0.15, 0.2) is 54.3 Å². The standard InChI is InChI=1S/C24H27N9O/c1-26-13-18-21(25)22(29-14-19-27-8-5-9-28-19)20(24(34)32-18)23-30-16-7-6-15(12-17(16)31-23)33-10-3-2-4-11-33/h5-9,12-13,25-26,29H,2-4,10-11,14H2,1H3,(H,30,31)(H,32,34)/b18-13+,25-21?. The summed E-state index contributed by atoms with van der Waals surface area (Å²) in [4.78, 5) is 32.0. The van der Waals surface area contributed by atoms with Crippen molar-refractivity contribution < 1.29 is 4.79 Å². The Morgan fingerprint density at radius 3 is 2.74 bits per heavy atom. The highest BCUT2D eigenvalue weighted by atomic mass is 16.1. The monoisotopic (exact) mass is 457 g/mol. The van der Waals surface area contributed by atoms with E-state index in [0.29, 0.717) is 23.0 Å². The molecular weight excluding hydrogens is 430 g/mol. The van der Waals surface area contributed by atoms with Crippen LogP contribution in [0.1, 0.15) is 30.9 Å². The number of benzene rings is 1. The summed E-state index contributed by atoms with van der Waals surface area (Å²) in [6.07, 6.45) is 8.57. The maximum Gasteiger partial charge on any atom is 0.261 e. The SMILES string of the molecule is CN/C=C1/NC(=O)C(c2nc3ccc(N4CCCCC4)cc3[nH]2)=C(NCc2ncccn2)C1=N. The maximum atomic E-state index is 13.2. The van der Waals surface area contributed by atoms with Crippen molar-refractivity contribution in [2.45, 2.75) is 25.8 Å². The van der Waals surface area contributed by atoms with Crippen LogP contribution in [0.3, 0.4) is 0 Å². The van der Waals surface area contributed by atoms with Crippen LogP contribution in [0.2, 0.25) is 0 Å². The molecule has 174 valence electrons. The zero-order valence-electron chi connectivity index (χ0n) is 19.0. The van der Waals surface area contributed by atoms with E-state index in [2.05, 4.69) is 52.9 Å². The zero-order chi connectivity index (χ0) is 23.5. The smallest absolute Gasteiger partial charge is 0.261 e. The van der Waals surface area contributed by atoms with Gasteiger partial charge >= 0.3 is 0 Å². The van der Waals surface area contributed by atoms with E-state index in [9.17, 15) is 4.79 Å². The molecule has 3 aromatic rings. The number of nitrogens with zero attached hydrogens (tertiary/aromatic N) is 4. The largest absolute Gasteiger partial charge is 0.392 e. The van der Waals surface area contributed by atoms with Crippen molar-refractivity contribution in [1.82, 2.24) is 35.9 Å². The molecule has 0 atom stereocenters. The van der Waals surface area contributed by atoms with E-state index in [0.717, 1.165) is 29.8 Å². The number of hydrogen-bond acceptors (Lipinski definition) is 8. The molecule has 0 unspecified atom stereocenters. The van der Waals surface area contributed by atoms with E-state index in [1.54, 1.807) is 31.7 Å². The molecule has 1 aromatic carbocycles. The first-order valence-electron chi connectivity index (χ1n) is 11.4. The number of amides is 1. The fraction of sp³-hybridized carbons (Fsp3) is 0.292. The third kappa shape index (κ3) is 4.21. The van der Waals surface area contributed by atoms with Crippen LogP contribution >= 0.6 is 0 Å². The number of rotatable bonds is 6. The Labute approximate surface area is 197 Å². The van der Waals surface area contributed by atoms with Crippen LogP contribution in [-0.2, 0) is 11.3 Å². The summed E-state index contributed by atoms with van der Waals surface area (Å²) in [7, 11) is 1.72. The lowest BCUT2D eigenvalue weighted by Gasteiger charge is -2.28. The second-order valence-electron chi connectivity index (χ2n) is 8.28. The second kappa shape index (κ2) is 9.34. The molecule has 0 radical (unpaired) electrons. The molecule has 1 fully saturated rings. The lowest BCUT2D eigenvalue weighted by Crippen LogP contribution is -2.40. The first-order chi connectivity index (χ1) is 16.6. The van der Waals surface area contributed by atoms with Gasteiger partial charge in [-0.25, -0.2) is 15.0 Å². The van der Waals surface area contributed by atoms with E-state index in [1.165, 1.54) is 19.3 Å². The van der Waals surface area contributed by atoms with Crippen LogP contribution in [0.4, 0.5) is 5.69 Å². The summed E-state index contributed by atoms with van der Waals surface area (Å²) in [6.45, 7) is 2.36. The topological polar surface area (TPSA) is 135 Å². The number of carbonyl (C=O) groups is 1. The molecule has 2 aliphatic rings. The highest BCUT2D eigenvalue weighted by Gasteiger charge is 2.31. The van der Waals surface area contributed by atoms with Crippen LogP contribution in [0.25, 0.3) is 16.6 Å². The minimum absolute atomic E-state index is 0.148. The molecule has 0 aliphatic carbocycles. The summed E-state index contributed by atoms with van der Waals surface area (Å²) >= 11 is 0. The molecule has 10 nitrogen and oxygen atoms in total. The van der Waals surface area contributed by atoms with Gasteiger partial charge in [0.1, 0.15) is 22.9 Å². The summed E-state index contributed by atoms with van der Waals surface area (Å²) in [5.74, 6) is 0.625. The van der Waals surface area contributed by atoms with Gasteiger partial charge in [0.2, 0.25) is 0 Å². The van der Waals surface area contributed by atoms with Gasteiger partial charge in [0.25, 0.3) is 5.91 Å². The Morgan fingerprint density at radius 2 is 1.97 bits per heavy atom. The predicted molar refractivity (Wildman–Crippen MR) is 131 cm³/mol. The van der Waals surface area contributed by atoms with Crippen molar-refractivity contribution in [3.63, 3.8) is 0 Å². The number of hydrogen-bond donors (Lipinski definition) is 5. The fourth-order valence-electron chi connectivity index (χ4n) is 4.33. The Bertz CT molecular complexity index is 1290. The molecule has 1 saturated heterocycles. The summed E-state index contributed by atoms with van der Waals surface area (Å²) in [6, 6.07) is 7.88. The number of aromatic nitrogens is 4. The third-order valence-electron chi connectivity index (χ3n) is 6.00. The molecule has 4 heterocycles. The number of piperidine rings is 1. The van der Waals surface area contributed by atoms with E-state index in [-0.39, 0.29) is 23.7 Å². The molecule has 5 rings (SSSR count). The molecule has 2 aromatic heterocycles. The first kappa shape index (κ1) is 21.6. The number of nitrogens with one attached hydrogen (secondary N) is 5. The van der Waals surface area contributed by atoms with Crippen molar-refractivity contribution in [1.29, 1.82) is 5.41 Å². The van der Waals surface area contributed by atoms with Gasteiger partial charge < -0.3 is 25.8 Å². The first-order valence-corrected chi connectivity index (χ1v) is 11.4. The van der Waals surface area contributed by atoms with Crippen LogP contribution in [0, 0.1) is 5.41 Å². The Hall–Kier alpha value is -4.21. The lowest BCUT2D eigenvalue weighted by molar-refractivity contribution is -0.115. The number of fused-ring (bicyclic) bond motifs is 1. The van der Waals surface area contributed by atoms with Gasteiger partial charge in [0.15, 0.2) is 0 Å². The van der Waals surface area contributed by atoms with Crippen molar-refractivity contribution in [3.8, 4) is 0 Å². The van der Waals surface area contributed by atoms with Crippen LogP contribution < -0.4 is 20.9 Å². The van der Waals surface area contributed by atoms with Crippen molar-refractivity contribution in [2.24, 2.45) is 0 Å².